The van der Waals surface area contributed by atoms with Crippen LogP contribution in [-0.2, 0) is 6.42 Å². The first-order valence-corrected chi connectivity index (χ1v) is 7.20. The molecule has 1 atom stereocenters. The molecule has 1 N–H and O–H groups in total. The van der Waals surface area contributed by atoms with Crippen molar-refractivity contribution in [3.8, 4) is 0 Å². The summed E-state index contributed by atoms with van der Waals surface area (Å²) in [7, 11) is 2.06. The topological polar surface area (TPSA) is 24.9 Å². The number of benzene rings is 1. The van der Waals surface area contributed by atoms with Crippen LogP contribution in [0, 0.1) is 5.92 Å². The molecule has 2 nitrogen and oxygen atoms in total. The van der Waals surface area contributed by atoms with Gasteiger partial charge < -0.3 is 5.32 Å². The van der Waals surface area contributed by atoms with Gasteiger partial charge in [0, 0.05) is 17.6 Å². The van der Waals surface area contributed by atoms with Gasteiger partial charge in [-0.05, 0) is 49.9 Å². The first-order chi connectivity index (χ1) is 9.20. The van der Waals surface area contributed by atoms with E-state index in [1.54, 1.807) is 0 Å². The Hall–Kier alpha value is -1.41. The Kier molecular flexibility index (Phi) is 4.92. The van der Waals surface area contributed by atoms with Crippen LogP contribution in [0.15, 0.2) is 36.5 Å². The van der Waals surface area contributed by atoms with Gasteiger partial charge in [0.2, 0.25) is 0 Å². The zero-order chi connectivity index (χ0) is 13.7. The molecule has 1 aromatic heterocycles. The molecule has 0 aliphatic heterocycles. The highest BCUT2D eigenvalue weighted by atomic mass is 14.9. The smallest absolute Gasteiger partial charge is 0.0704 e. The molecule has 0 saturated carbocycles. The number of likely N-dealkylation sites (N-methyl/N-ethyl adjacent to an activating group) is 1. The van der Waals surface area contributed by atoms with Crippen LogP contribution in [0.25, 0.3) is 10.9 Å². The van der Waals surface area contributed by atoms with Crippen molar-refractivity contribution in [3.05, 3.63) is 42.1 Å². The number of hydrogen-bond donors (Lipinski definition) is 1. The van der Waals surface area contributed by atoms with E-state index in [1.807, 2.05) is 12.3 Å². The van der Waals surface area contributed by atoms with Crippen molar-refractivity contribution in [1.82, 2.24) is 10.3 Å². The van der Waals surface area contributed by atoms with Crippen molar-refractivity contribution < 1.29 is 0 Å². The first-order valence-electron chi connectivity index (χ1n) is 7.20. The molecule has 0 bridgehead atoms. The number of para-hydroxylation sites is 1. The fourth-order valence-electron chi connectivity index (χ4n) is 2.48. The first kappa shape index (κ1) is 14.0. The Labute approximate surface area is 116 Å². The van der Waals surface area contributed by atoms with E-state index in [9.17, 15) is 0 Å². The molecule has 2 rings (SSSR count). The van der Waals surface area contributed by atoms with Crippen LogP contribution in [0.1, 0.15) is 32.3 Å². The van der Waals surface area contributed by atoms with Gasteiger partial charge in [-0.3, -0.25) is 4.98 Å². The lowest BCUT2D eigenvalue weighted by molar-refractivity contribution is 0.451. The summed E-state index contributed by atoms with van der Waals surface area (Å²) in [6.07, 6.45) is 5.50. The maximum Gasteiger partial charge on any atom is 0.0704 e. The van der Waals surface area contributed by atoms with Crippen molar-refractivity contribution in [3.63, 3.8) is 0 Å². The summed E-state index contributed by atoms with van der Waals surface area (Å²) in [5, 5.41) is 4.74. The quantitative estimate of drug-likeness (QED) is 0.850. The highest BCUT2D eigenvalue weighted by molar-refractivity contribution is 5.81. The van der Waals surface area contributed by atoms with Gasteiger partial charge in [-0.15, -0.1) is 0 Å². The summed E-state index contributed by atoms with van der Waals surface area (Å²) >= 11 is 0. The van der Waals surface area contributed by atoms with Crippen LogP contribution in [0.4, 0.5) is 0 Å². The Bertz CT molecular complexity index is 514. The molecule has 1 heterocycles. The summed E-state index contributed by atoms with van der Waals surface area (Å²) in [5.74, 6) is 0.769. The molecule has 0 amide bonds. The van der Waals surface area contributed by atoms with E-state index in [4.69, 9.17) is 0 Å². The molecule has 0 fully saturated rings. The molecule has 102 valence electrons. The lowest BCUT2D eigenvalue weighted by atomic mass is 9.96. The Morgan fingerprint density at radius 3 is 2.63 bits per heavy atom. The van der Waals surface area contributed by atoms with E-state index in [0.717, 1.165) is 17.9 Å². The molecule has 19 heavy (non-hydrogen) atoms. The summed E-state index contributed by atoms with van der Waals surface area (Å²) in [5.41, 5.74) is 2.49. The van der Waals surface area contributed by atoms with Crippen molar-refractivity contribution in [2.45, 2.75) is 39.2 Å². The lowest BCUT2D eigenvalue weighted by Gasteiger charge is -2.18. The minimum Gasteiger partial charge on any atom is -0.317 e. The zero-order valence-electron chi connectivity index (χ0n) is 12.2. The normalized spacial score (nSPS) is 13.1. The largest absolute Gasteiger partial charge is 0.317 e. The van der Waals surface area contributed by atoms with Gasteiger partial charge in [0.05, 0.1) is 5.52 Å². The minimum absolute atomic E-state index is 0.549. The highest BCUT2D eigenvalue weighted by Gasteiger charge is 2.10. The predicted octanol–water partition coefficient (Wildman–Crippen LogP) is 3.80. The average molecular weight is 256 g/mol. The minimum atomic E-state index is 0.549. The van der Waals surface area contributed by atoms with E-state index in [0.29, 0.717) is 6.04 Å². The Balaban J connectivity index is 2.15. The second-order valence-corrected chi connectivity index (χ2v) is 5.65. The van der Waals surface area contributed by atoms with E-state index in [-0.39, 0.29) is 0 Å². The van der Waals surface area contributed by atoms with Gasteiger partial charge >= 0.3 is 0 Å². The molecule has 0 radical (unpaired) electrons. The third-order valence-electron chi connectivity index (χ3n) is 3.71. The summed E-state index contributed by atoms with van der Waals surface area (Å²) in [6.45, 7) is 4.57. The summed E-state index contributed by atoms with van der Waals surface area (Å²) in [6, 6.07) is 11.1. The van der Waals surface area contributed by atoms with Crippen molar-refractivity contribution in [2.24, 2.45) is 5.92 Å². The Morgan fingerprint density at radius 1 is 1.11 bits per heavy atom. The molecule has 2 aromatic rings. The SMILES string of the molecule is CNC(CCC(C)C)Cc1ccnc2ccccc12. The number of nitrogens with zero attached hydrogens (tertiary/aromatic N) is 1. The molecule has 0 aliphatic carbocycles. The van der Waals surface area contributed by atoms with Gasteiger partial charge in [0.15, 0.2) is 0 Å². The van der Waals surface area contributed by atoms with E-state index < -0.39 is 0 Å². The average Bonchev–Trinajstić information content (AvgIpc) is 2.43. The van der Waals surface area contributed by atoms with Gasteiger partial charge in [-0.2, -0.15) is 0 Å². The van der Waals surface area contributed by atoms with Crippen LogP contribution in [0.2, 0.25) is 0 Å². The molecule has 1 aromatic carbocycles. The van der Waals surface area contributed by atoms with Crippen LogP contribution >= 0.6 is 0 Å². The van der Waals surface area contributed by atoms with E-state index in [2.05, 4.69) is 55.5 Å². The van der Waals surface area contributed by atoms with Crippen molar-refractivity contribution >= 4 is 10.9 Å². The number of fused-ring (bicyclic) bond motifs is 1. The van der Waals surface area contributed by atoms with Gasteiger partial charge in [0.1, 0.15) is 0 Å². The van der Waals surface area contributed by atoms with Crippen LogP contribution in [0.5, 0.6) is 0 Å². The third-order valence-corrected chi connectivity index (χ3v) is 3.71. The van der Waals surface area contributed by atoms with E-state index in [1.165, 1.54) is 23.8 Å². The third kappa shape index (κ3) is 3.77. The standard InChI is InChI=1S/C17H24N2/c1-13(2)8-9-15(18-3)12-14-10-11-19-17-7-5-4-6-16(14)17/h4-7,10-11,13,15,18H,8-9,12H2,1-3H3. The van der Waals surface area contributed by atoms with Crippen molar-refractivity contribution in [1.29, 1.82) is 0 Å². The predicted molar refractivity (Wildman–Crippen MR) is 82.4 cm³/mol. The second-order valence-electron chi connectivity index (χ2n) is 5.65. The maximum absolute atomic E-state index is 4.43. The van der Waals surface area contributed by atoms with Crippen molar-refractivity contribution in [2.75, 3.05) is 7.05 Å². The van der Waals surface area contributed by atoms with Crippen LogP contribution < -0.4 is 5.32 Å². The van der Waals surface area contributed by atoms with E-state index >= 15 is 0 Å². The van der Waals surface area contributed by atoms with Gasteiger partial charge in [-0.25, -0.2) is 0 Å². The summed E-state index contributed by atoms with van der Waals surface area (Å²) < 4.78 is 0. The molecule has 0 spiro atoms. The molecule has 0 saturated heterocycles. The van der Waals surface area contributed by atoms with Crippen LogP contribution in [0.3, 0.4) is 0 Å². The van der Waals surface area contributed by atoms with Gasteiger partial charge in [-0.1, -0.05) is 32.0 Å². The molecule has 2 heteroatoms. The van der Waals surface area contributed by atoms with Gasteiger partial charge in [0.25, 0.3) is 0 Å². The fourth-order valence-corrected chi connectivity index (χ4v) is 2.48. The number of pyridine rings is 1. The Morgan fingerprint density at radius 2 is 1.89 bits per heavy atom. The molecule has 1 unspecified atom stereocenters. The molecule has 0 aliphatic rings. The second kappa shape index (κ2) is 6.67. The monoisotopic (exact) mass is 256 g/mol. The maximum atomic E-state index is 4.43. The number of hydrogen-bond acceptors (Lipinski definition) is 2. The number of rotatable bonds is 6. The molecular formula is C17H24N2. The number of nitrogens with one attached hydrogen (secondary N) is 1. The van der Waals surface area contributed by atoms with Crippen LogP contribution in [-0.4, -0.2) is 18.1 Å². The lowest BCUT2D eigenvalue weighted by Crippen LogP contribution is -2.28. The highest BCUT2D eigenvalue weighted by Crippen LogP contribution is 2.19. The zero-order valence-corrected chi connectivity index (χ0v) is 12.2. The fraction of sp³-hybridized carbons (Fsp3) is 0.471. The molecular weight excluding hydrogens is 232 g/mol. The number of aromatic nitrogens is 1. The summed E-state index contributed by atoms with van der Waals surface area (Å²) in [4.78, 5) is 4.43.